The highest BCUT2D eigenvalue weighted by atomic mass is 16.6. The average molecular weight is 818 g/mol. The molecule has 0 unspecified atom stereocenters. The van der Waals surface area contributed by atoms with E-state index in [1.54, 1.807) is 60.7 Å². The van der Waals surface area contributed by atoms with Gasteiger partial charge in [0.15, 0.2) is 5.96 Å². The average Bonchev–Trinajstić information content (AvgIpc) is 3.17. The van der Waals surface area contributed by atoms with E-state index < -0.39 is 60.0 Å². The topological polar surface area (TPSA) is 282 Å². The second-order valence-electron chi connectivity index (χ2n) is 16.5. The number of para-hydroxylation sites is 1. The van der Waals surface area contributed by atoms with Gasteiger partial charge < -0.3 is 53.6 Å². The maximum Gasteiger partial charge on any atom is 0.412 e. The van der Waals surface area contributed by atoms with E-state index >= 15 is 0 Å². The Morgan fingerprint density at radius 3 is 1.83 bits per heavy atom. The van der Waals surface area contributed by atoms with Crippen LogP contribution in [0, 0.1) is 23.2 Å². The first-order valence-corrected chi connectivity index (χ1v) is 20.6. The molecule has 17 nitrogen and oxygen atoms in total. The molecule has 4 saturated carbocycles. The van der Waals surface area contributed by atoms with Crippen LogP contribution in [0.2, 0.25) is 0 Å². The minimum Gasteiger partial charge on any atom is -0.465 e. The number of aliphatic imine (C=N–C) groups is 1. The molecular formula is C42H59N9O8. The van der Waals surface area contributed by atoms with Gasteiger partial charge in [-0.05, 0) is 118 Å². The molecule has 4 aliphatic rings. The van der Waals surface area contributed by atoms with Crippen LogP contribution in [0.1, 0.15) is 82.6 Å². The molecule has 17 heteroatoms. The van der Waals surface area contributed by atoms with Crippen molar-refractivity contribution in [1.29, 1.82) is 0 Å². The van der Waals surface area contributed by atoms with Gasteiger partial charge in [-0.3, -0.25) is 24.2 Å². The molecule has 0 aromatic heterocycles. The largest absolute Gasteiger partial charge is 0.465 e. The SMILES string of the molecule is NC(=O)[C@H](CCCCNC(=O)Oc1ccccc1)NC(=O)[C@H](CC12CC3CC(CC(C3)C1)C2)NC(=O)[C@@H](CCCN=C(N)N)NC(=O)[C@H](Cc1ccccc1)NC(=O)O. The molecule has 0 radical (unpaired) electrons. The second kappa shape index (κ2) is 21.2. The zero-order chi connectivity index (χ0) is 42.4. The summed E-state index contributed by atoms with van der Waals surface area (Å²) >= 11 is 0. The number of benzene rings is 2. The molecule has 6 rings (SSSR count). The molecule has 59 heavy (non-hydrogen) atoms. The summed E-state index contributed by atoms with van der Waals surface area (Å²) in [5.41, 5.74) is 17.3. The van der Waals surface area contributed by atoms with E-state index in [1.807, 2.05) is 0 Å². The zero-order valence-corrected chi connectivity index (χ0v) is 33.4. The number of hydrogen-bond donors (Lipinski definition) is 9. The fourth-order valence-corrected chi connectivity index (χ4v) is 9.56. The normalized spacial score (nSPS) is 22.1. The summed E-state index contributed by atoms with van der Waals surface area (Å²) in [5.74, 6) is -0.740. The van der Waals surface area contributed by atoms with Gasteiger partial charge in [-0.25, -0.2) is 9.59 Å². The van der Waals surface area contributed by atoms with Gasteiger partial charge >= 0.3 is 12.2 Å². The fourth-order valence-electron chi connectivity index (χ4n) is 9.56. The third-order valence-corrected chi connectivity index (χ3v) is 11.7. The molecule has 0 saturated heterocycles. The van der Waals surface area contributed by atoms with Crippen LogP contribution < -0.4 is 48.5 Å². The number of unbranched alkanes of at least 4 members (excludes halogenated alkanes) is 1. The number of hydrogen-bond acceptors (Lipinski definition) is 8. The first-order valence-electron chi connectivity index (χ1n) is 20.6. The summed E-state index contributed by atoms with van der Waals surface area (Å²) in [4.78, 5) is 82.8. The Labute approximate surface area is 344 Å². The molecule has 320 valence electrons. The summed E-state index contributed by atoms with van der Waals surface area (Å²) in [5, 5.41) is 22.9. The number of carboxylic acid groups (broad SMARTS) is 1. The molecule has 12 N–H and O–H groups in total. The molecule has 4 bridgehead atoms. The predicted molar refractivity (Wildman–Crippen MR) is 220 cm³/mol. The van der Waals surface area contributed by atoms with Crippen molar-refractivity contribution in [1.82, 2.24) is 26.6 Å². The van der Waals surface area contributed by atoms with Crippen LogP contribution in [0.5, 0.6) is 5.75 Å². The van der Waals surface area contributed by atoms with Crippen molar-refractivity contribution in [3.05, 3.63) is 66.2 Å². The lowest BCUT2D eigenvalue weighted by molar-refractivity contribution is -0.136. The molecule has 0 spiro atoms. The standard InChI is InChI=1S/C42H59N9O8/c43-35(52)31(14-7-8-16-47-41(58)59-30-12-5-2-6-13-30)48-38(55)34(25-42-22-27-18-28(23-42)20-29(19-27)24-42)50-36(53)32(15-9-17-46-39(44)45)49-37(54)33(51-40(56)57)21-26-10-3-1-4-11-26/h1-6,10-13,27-29,31-34,51H,7-9,14-25H2,(H2,43,52)(H,47,58)(H,48,55)(H,49,54)(H,50,53)(H,56,57)(H4,44,45,46)/t27?,28?,29?,31-,32+,33-,34-,42?/m0/s1. The van der Waals surface area contributed by atoms with E-state index in [1.165, 1.54) is 19.3 Å². The molecule has 4 atom stereocenters. The Morgan fingerprint density at radius 2 is 1.24 bits per heavy atom. The summed E-state index contributed by atoms with van der Waals surface area (Å²) < 4.78 is 5.23. The van der Waals surface area contributed by atoms with Gasteiger partial charge in [-0.15, -0.1) is 0 Å². The lowest BCUT2D eigenvalue weighted by Crippen LogP contribution is -2.60. The third kappa shape index (κ3) is 13.9. The monoisotopic (exact) mass is 817 g/mol. The first kappa shape index (κ1) is 44.2. The molecule has 2 aromatic rings. The molecular weight excluding hydrogens is 759 g/mol. The van der Waals surface area contributed by atoms with Crippen molar-refractivity contribution in [2.45, 2.75) is 108 Å². The number of rotatable bonds is 22. The van der Waals surface area contributed by atoms with Gasteiger partial charge in [0.25, 0.3) is 0 Å². The smallest absolute Gasteiger partial charge is 0.412 e. The van der Waals surface area contributed by atoms with E-state index in [-0.39, 0.29) is 50.1 Å². The van der Waals surface area contributed by atoms with Crippen LogP contribution >= 0.6 is 0 Å². The highest BCUT2D eigenvalue weighted by Crippen LogP contribution is 2.61. The number of carbonyl (C=O) groups is 6. The summed E-state index contributed by atoms with van der Waals surface area (Å²) in [6.45, 7) is 0.421. The first-order chi connectivity index (χ1) is 28.3. The van der Waals surface area contributed by atoms with Crippen LogP contribution in [-0.4, -0.2) is 84.1 Å². The Balaban J connectivity index is 1.28. The van der Waals surface area contributed by atoms with E-state index in [9.17, 15) is 33.9 Å². The van der Waals surface area contributed by atoms with Gasteiger partial charge in [0.1, 0.15) is 29.9 Å². The number of primary amides is 1. The minimum absolute atomic E-state index is 0.0285. The van der Waals surface area contributed by atoms with Crippen LogP contribution in [0.15, 0.2) is 65.7 Å². The number of nitrogens with one attached hydrogen (secondary N) is 5. The fraction of sp³-hybridized carbons (Fsp3) is 0.548. The lowest BCUT2D eigenvalue weighted by atomic mass is 9.48. The summed E-state index contributed by atoms with van der Waals surface area (Å²) in [6, 6.07) is 12.9. The second-order valence-corrected chi connectivity index (χ2v) is 16.5. The van der Waals surface area contributed by atoms with Gasteiger partial charge in [0.2, 0.25) is 23.6 Å². The van der Waals surface area contributed by atoms with Crippen molar-refractivity contribution in [2.75, 3.05) is 13.1 Å². The number of carbonyl (C=O) groups excluding carboxylic acids is 5. The van der Waals surface area contributed by atoms with Crippen molar-refractivity contribution >= 4 is 41.8 Å². The Morgan fingerprint density at radius 1 is 0.695 bits per heavy atom. The molecule has 4 aliphatic carbocycles. The van der Waals surface area contributed by atoms with E-state index in [2.05, 4.69) is 31.6 Å². The zero-order valence-electron chi connectivity index (χ0n) is 33.4. The number of guanidine groups is 1. The van der Waals surface area contributed by atoms with E-state index in [0.29, 0.717) is 48.3 Å². The summed E-state index contributed by atoms with van der Waals surface area (Å²) in [7, 11) is 0. The highest BCUT2D eigenvalue weighted by Gasteiger charge is 2.52. The maximum atomic E-state index is 14.3. The molecule has 6 amide bonds. The third-order valence-electron chi connectivity index (χ3n) is 11.7. The van der Waals surface area contributed by atoms with Crippen molar-refractivity contribution in [3.8, 4) is 5.75 Å². The molecule has 0 aliphatic heterocycles. The predicted octanol–water partition coefficient (Wildman–Crippen LogP) is 2.42. The van der Waals surface area contributed by atoms with Gasteiger partial charge in [-0.1, -0.05) is 48.5 Å². The lowest BCUT2D eigenvalue weighted by Gasteiger charge is -2.57. The van der Waals surface area contributed by atoms with Crippen LogP contribution in [0.25, 0.3) is 0 Å². The summed E-state index contributed by atoms with van der Waals surface area (Å²) in [6.07, 6.45) is 6.14. The molecule has 2 aromatic carbocycles. The van der Waals surface area contributed by atoms with Crippen LogP contribution in [0.4, 0.5) is 9.59 Å². The highest BCUT2D eigenvalue weighted by molar-refractivity contribution is 5.95. The van der Waals surface area contributed by atoms with Crippen molar-refractivity contribution in [3.63, 3.8) is 0 Å². The van der Waals surface area contributed by atoms with Crippen molar-refractivity contribution < 1.29 is 38.6 Å². The Hall–Kier alpha value is -5.87. The minimum atomic E-state index is -1.41. The number of amides is 6. The van der Waals surface area contributed by atoms with Gasteiger partial charge in [0.05, 0.1) is 0 Å². The van der Waals surface area contributed by atoms with Crippen LogP contribution in [0.3, 0.4) is 0 Å². The van der Waals surface area contributed by atoms with Gasteiger partial charge in [0, 0.05) is 19.5 Å². The van der Waals surface area contributed by atoms with Gasteiger partial charge in [-0.2, -0.15) is 0 Å². The van der Waals surface area contributed by atoms with E-state index in [0.717, 1.165) is 19.3 Å². The van der Waals surface area contributed by atoms with Crippen LogP contribution in [-0.2, 0) is 25.6 Å². The van der Waals surface area contributed by atoms with Crippen molar-refractivity contribution in [2.24, 2.45) is 45.4 Å². The Kier molecular flexibility index (Phi) is 15.9. The number of ether oxygens (including phenoxy) is 1. The quantitative estimate of drug-likeness (QED) is 0.0475. The number of nitrogens with two attached hydrogens (primary N) is 3. The molecule has 4 fully saturated rings. The maximum absolute atomic E-state index is 14.3. The molecule has 0 heterocycles. The van der Waals surface area contributed by atoms with E-state index in [4.69, 9.17) is 21.9 Å². The number of nitrogens with zero attached hydrogens (tertiary/aromatic N) is 1. The Bertz CT molecular complexity index is 1750.